The van der Waals surface area contributed by atoms with E-state index in [9.17, 15) is 0 Å². The van der Waals surface area contributed by atoms with Crippen LogP contribution in [0.2, 0.25) is 18.1 Å². The van der Waals surface area contributed by atoms with E-state index >= 15 is 0 Å². The van der Waals surface area contributed by atoms with Crippen LogP contribution in [0.15, 0.2) is 12.1 Å². The van der Waals surface area contributed by atoms with Crippen molar-refractivity contribution in [1.82, 2.24) is 0 Å². The first-order valence-electron chi connectivity index (χ1n) is 11.0. The molecule has 1 saturated carbocycles. The molecule has 1 aromatic carbocycles. The summed E-state index contributed by atoms with van der Waals surface area (Å²) in [6, 6.07) is 4.11. The molecule has 0 heterocycles. The molecule has 0 N–H and O–H groups in total. The summed E-state index contributed by atoms with van der Waals surface area (Å²) in [5.74, 6) is 4.40. The number of rotatable bonds is 9. The fourth-order valence-corrected chi connectivity index (χ4v) is 5.01. The Hall–Kier alpha value is -1.48. The van der Waals surface area contributed by atoms with Gasteiger partial charge in [-0.25, -0.2) is 0 Å². The molecule has 0 amide bonds. The predicted octanol–water partition coefficient (Wildman–Crippen LogP) is 6.43. The van der Waals surface area contributed by atoms with Gasteiger partial charge in [0, 0.05) is 12.0 Å². The van der Waals surface area contributed by atoms with Gasteiger partial charge in [0.2, 0.25) is 0 Å². The number of hydrogen-bond acceptors (Lipinski definition) is 4. The van der Waals surface area contributed by atoms with Gasteiger partial charge < -0.3 is 18.6 Å². The fourth-order valence-electron chi connectivity index (χ4n) is 3.74. The van der Waals surface area contributed by atoms with Crippen molar-refractivity contribution in [2.45, 2.75) is 96.2 Å². The van der Waals surface area contributed by atoms with E-state index in [1.54, 1.807) is 14.2 Å². The van der Waals surface area contributed by atoms with Crippen LogP contribution in [0.3, 0.4) is 0 Å². The van der Waals surface area contributed by atoms with E-state index in [4.69, 9.17) is 25.1 Å². The van der Waals surface area contributed by atoms with Crippen molar-refractivity contribution in [2.75, 3.05) is 14.2 Å². The molecule has 168 valence electrons. The normalized spacial score (nSPS) is 17.4. The van der Waals surface area contributed by atoms with Crippen LogP contribution in [0, 0.1) is 19.3 Å². The lowest BCUT2D eigenvalue weighted by atomic mass is 9.99. The number of hydrogen-bond donors (Lipinski definition) is 0. The summed E-state index contributed by atoms with van der Waals surface area (Å²) in [6.07, 6.45) is 10.7. The van der Waals surface area contributed by atoms with Gasteiger partial charge in [-0.15, -0.1) is 12.3 Å². The van der Waals surface area contributed by atoms with Crippen molar-refractivity contribution in [3.63, 3.8) is 0 Å². The summed E-state index contributed by atoms with van der Waals surface area (Å²) < 4.78 is 24.8. The van der Waals surface area contributed by atoms with Gasteiger partial charge in [0.25, 0.3) is 0 Å². The molecular weight excluding hydrogens is 392 g/mol. The van der Waals surface area contributed by atoms with Crippen molar-refractivity contribution in [2.24, 2.45) is 0 Å². The van der Waals surface area contributed by atoms with E-state index in [0.29, 0.717) is 6.42 Å². The Bertz CT molecular complexity index is 713. The van der Waals surface area contributed by atoms with Crippen LogP contribution in [0.4, 0.5) is 0 Å². The quantitative estimate of drug-likeness (QED) is 0.333. The van der Waals surface area contributed by atoms with E-state index in [1.165, 1.54) is 12.8 Å². The second-order valence-electron chi connectivity index (χ2n) is 9.84. The first-order chi connectivity index (χ1) is 14.0. The van der Waals surface area contributed by atoms with E-state index in [1.807, 2.05) is 6.92 Å². The predicted molar refractivity (Wildman–Crippen MR) is 126 cm³/mol. The molecule has 0 bridgehead atoms. The highest BCUT2D eigenvalue weighted by Crippen LogP contribution is 2.43. The highest BCUT2D eigenvalue weighted by Gasteiger charge is 2.42. The molecule has 2 rings (SSSR count). The number of methoxy groups -OCH3 is 2. The van der Waals surface area contributed by atoms with E-state index < -0.39 is 8.32 Å². The zero-order chi connectivity index (χ0) is 22.5. The van der Waals surface area contributed by atoms with Gasteiger partial charge >= 0.3 is 0 Å². The summed E-state index contributed by atoms with van der Waals surface area (Å²) >= 11 is 0. The summed E-state index contributed by atoms with van der Waals surface area (Å²) in [6.45, 7) is 13.3. The SMILES string of the molecule is C#CCC(OC1CCCC1)C(O[Si](C)(C)C(C)(C)C)c1cc(OC)c(C)c(OC)c1. The van der Waals surface area contributed by atoms with Crippen LogP contribution in [0.5, 0.6) is 11.5 Å². The number of ether oxygens (including phenoxy) is 3. The van der Waals surface area contributed by atoms with Crippen LogP contribution >= 0.6 is 0 Å². The molecule has 0 spiro atoms. The van der Waals surface area contributed by atoms with Crippen LogP contribution in [0.25, 0.3) is 0 Å². The first-order valence-corrected chi connectivity index (χ1v) is 13.9. The van der Waals surface area contributed by atoms with Crippen LogP contribution in [-0.4, -0.2) is 34.7 Å². The third-order valence-corrected chi connectivity index (χ3v) is 11.1. The van der Waals surface area contributed by atoms with Crippen molar-refractivity contribution >= 4 is 8.32 Å². The summed E-state index contributed by atoms with van der Waals surface area (Å²) in [4.78, 5) is 0. The summed E-state index contributed by atoms with van der Waals surface area (Å²) in [7, 11) is 1.27. The molecule has 5 heteroatoms. The van der Waals surface area contributed by atoms with Crippen molar-refractivity contribution < 1.29 is 18.6 Å². The van der Waals surface area contributed by atoms with Gasteiger partial charge in [-0.05, 0) is 55.6 Å². The second kappa shape index (κ2) is 10.2. The molecule has 1 fully saturated rings. The third kappa shape index (κ3) is 5.81. The van der Waals surface area contributed by atoms with Crippen LogP contribution in [-0.2, 0) is 9.16 Å². The smallest absolute Gasteiger partial charge is 0.193 e. The summed E-state index contributed by atoms with van der Waals surface area (Å²) in [5.41, 5.74) is 1.97. The molecule has 2 unspecified atom stereocenters. The molecule has 0 radical (unpaired) electrons. The zero-order valence-corrected chi connectivity index (χ0v) is 21.1. The molecule has 4 nitrogen and oxygen atoms in total. The molecule has 0 saturated heterocycles. The minimum Gasteiger partial charge on any atom is -0.496 e. The van der Waals surface area contributed by atoms with Crippen molar-refractivity contribution in [1.29, 1.82) is 0 Å². The van der Waals surface area contributed by atoms with Gasteiger partial charge in [-0.2, -0.15) is 0 Å². The molecule has 30 heavy (non-hydrogen) atoms. The Morgan fingerprint density at radius 3 is 2.07 bits per heavy atom. The lowest BCUT2D eigenvalue weighted by Gasteiger charge is -2.42. The van der Waals surface area contributed by atoms with Crippen LogP contribution in [0.1, 0.15) is 70.1 Å². The molecular formula is C25H40O4Si. The lowest BCUT2D eigenvalue weighted by molar-refractivity contribution is -0.0682. The molecule has 0 aliphatic heterocycles. The highest BCUT2D eigenvalue weighted by atomic mass is 28.4. The maximum absolute atomic E-state index is 6.96. The molecule has 1 aliphatic carbocycles. The lowest BCUT2D eigenvalue weighted by Crippen LogP contribution is -2.44. The van der Waals surface area contributed by atoms with E-state index in [2.05, 4.69) is 51.9 Å². The molecule has 1 aliphatic rings. The maximum atomic E-state index is 6.96. The Morgan fingerprint density at radius 2 is 1.63 bits per heavy atom. The molecule has 2 atom stereocenters. The average Bonchev–Trinajstić information content (AvgIpc) is 3.18. The Balaban J connectivity index is 2.52. The Kier molecular flexibility index (Phi) is 8.44. The first kappa shape index (κ1) is 24.8. The molecule has 0 aromatic heterocycles. The summed E-state index contributed by atoms with van der Waals surface area (Å²) in [5, 5.41) is 0.0676. The standard InChI is InChI=1S/C25H40O4Si/c1-10-13-21(28-20-14-11-12-15-20)24(29-30(8,9)25(3,4)5)19-16-22(26-6)18(2)23(17-19)27-7/h1,16-17,20-21,24H,11-15H2,2-9H3. The second-order valence-corrected chi connectivity index (χ2v) is 14.6. The topological polar surface area (TPSA) is 36.9 Å². The van der Waals surface area contributed by atoms with Crippen molar-refractivity contribution in [3.05, 3.63) is 23.3 Å². The van der Waals surface area contributed by atoms with Gasteiger partial charge in [0.15, 0.2) is 8.32 Å². The Labute approximate surface area is 184 Å². The number of benzene rings is 1. The fraction of sp³-hybridized carbons (Fsp3) is 0.680. The third-order valence-electron chi connectivity index (χ3n) is 6.66. The number of terminal acetylenes is 1. The van der Waals surface area contributed by atoms with Gasteiger partial charge in [-0.3, -0.25) is 0 Å². The minimum absolute atomic E-state index is 0.0676. The zero-order valence-electron chi connectivity index (χ0n) is 20.1. The highest BCUT2D eigenvalue weighted by molar-refractivity contribution is 6.74. The van der Waals surface area contributed by atoms with Gasteiger partial charge in [-0.1, -0.05) is 33.6 Å². The monoisotopic (exact) mass is 432 g/mol. The molecule has 1 aromatic rings. The minimum atomic E-state index is -2.10. The van der Waals surface area contributed by atoms with Crippen molar-refractivity contribution in [3.8, 4) is 23.8 Å². The average molecular weight is 433 g/mol. The van der Waals surface area contributed by atoms with E-state index in [-0.39, 0.29) is 23.4 Å². The van der Waals surface area contributed by atoms with Crippen LogP contribution < -0.4 is 9.47 Å². The largest absolute Gasteiger partial charge is 0.496 e. The van der Waals surface area contributed by atoms with E-state index in [0.717, 1.165) is 35.5 Å². The maximum Gasteiger partial charge on any atom is 0.193 e. The van der Waals surface area contributed by atoms with Gasteiger partial charge in [0.05, 0.1) is 32.5 Å². The Morgan fingerprint density at radius 1 is 1.10 bits per heavy atom. The van der Waals surface area contributed by atoms with Gasteiger partial charge in [0.1, 0.15) is 11.5 Å².